The maximum atomic E-state index is 2.61. The topological polar surface area (TPSA) is 0 Å². The molecule has 0 heteroatoms. The molecule has 1 aliphatic carbocycles. The van der Waals surface area contributed by atoms with E-state index in [1.165, 1.54) is 109 Å². The molecular weight excluding hydrogens is 709 g/mol. The van der Waals surface area contributed by atoms with E-state index >= 15 is 0 Å². The summed E-state index contributed by atoms with van der Waals surface area (Å²) in [4.78, 5) is 0. The van der Waals surface area contributed by atoms with Crippen molar-refractivity contribution in [3.63, 3.8) is 0 Å². The van der Waals surface area contributed by atoms with Crippen LogP contribution < -0.4 is 0 Å². The Labute approximate surface area is 347 Å². The molecule has 0 saturated carbocycles. The van der Waals surface area contributed by atoms with E-state index in [1.807, 2.05) is 0 Å². The van der Waals surface area contributed by atoms with Gasteiger partial charge >= 0.3 is 0 Å². The van der Waals surface area contributed by atoms with Crippen LogP contribution in [0, 0.1) is 10.8 Å². The van der Waals surface area contributed by atoms with Crippen LogP contribution >= 0.6 is 0 Å². The molecule has 0 bridgehead atoms. The molecule has 0 aliphatic heterocycles. The average molecular weight is 757 g/mol. The van der Waals surface area contributed by atoms with E-state index in [0.29, 0.717) is 0 Å². The highest BCUT2D eigenvalue weighted by Gasteiger charge is 2.59. The molecule has 0 nitrogen and oxygen atoms in total. The number of benzene rings is 10. The van der Waals surface area contributed by atoms with Crippen LogP contribution in [0.5, 0.6) is 0 Å². The Morgan fingerprint density at radius 2 is 0.627 bits per heavy atom. The Kier molecular flexibility index (Phi) is 7.70. The molecule has 0 heterocycles. The molecule has 0 atom stereocenters. The van der Waals surface area contributed by atoms with Crippen molar-refractivity contribution in [2.24, 2.45) is 10.8 Å². The van der Waals surface area contributed by atoms with Gasteiger partial charge in [-0.2, -0.15) is 0 Å². The van der Waals surface area contributed by atoms with E-state index in [9.17, 15) is 0 Å². The lowest BCUT2D eigenvalue weighted by Crippen LogP contribution is -2.50. The van der Waals surface area contributed by atoms with Crippen LogP contribution in [-0.4, -0.2) is 0 Å². The minimum atomic E-state index is -0.313. The molecule has 0 fully saturated rings. The van der Waals surface area contributed by atoms with Gasteiger partial charge in [-0.3, -0.25) is 0 Å². The van der Waals surface area contributed by atoms with Gasteiger partial charge in [0.15, 0.2) is 0 Å². The zero-order valence-corrected chi connectivity index (χ0v) is 34.8. The Balaban J connectivity index is 1.30. The van der Waals surface area contributed by atoms with Gasteiger partial charge in [0.05, 0.1) is 0 Å². The van der Waals surface area contributed by atoms with Crippen molar-refractivity contribution in [3.8, 4) is 44.5 Å². The predicted octanol–water partition coefficient (Wildman–Crippen LogP) is 16.8. The average Bonchev–Trinajstić information content (AvgIpc) is 3.60. The largest absolute Gasteiger partial charge is 0.0622 e. The van der Waals surface area contributed by atoms with Gasteiger partial charge in [0, 0.05) is 5.41 Å². The van der Waals surface area contributed by atoms with E-state index in [-0.39, 0.29) is 16.2 Å². The van der Waals surface area contributed by atoms with Crippen LogP contribution in [0.2, 0.25) is 0 Å². The summed E-state index contributed by atoms with van der Waals surface area (Å²) in [5.74, 6) is 0. The highest BCUT2D eigenvalue weighted by Crippen LogP contribution is 2.69. The first-order valence-corrected chi connectivity index (χ1v) is 21.2. The standard InChI is InChI=1S/C59H48/c1-57(2,3)59(58(4,5)6)55-48-30-18-12-24-42(48)50(36-51(55)54-43-25-13-10-22-40(43)41-23-11-19-31-49(41)56(54)59)53-46-28-16-14-26-44(46)52(45-27-15-17-29-47(45)53)39-34-32-38(33-35-39)37-20-8-7-9-21-37/h7-36H,1-6H3. The lowest BCUT2D eigenvalue weighted by Gasteiger charge is -2.54. The first-order valence-electron chi connectivity index (χ1n) is 21.2. The van der Waals surface area contributed by atoms with E-state index in [1.54, 1.807) is 0 Å². The molecule has 0 N–H and O–H groups in total. The molecular formula is C59H48. The highest BCUT2D eigenvalue weighted by molar-refractivity contribution is 6.26. The summed E-state index contributed by atoms with van der Waals surface area (Å²) < 4.78 is 0. The minimum absolute atomic E-state index is 0.127. The number of fused-ring (bicyclic) bond motifs is 12. The molecule has 1 aliphatic rings. The predicted molar refractivity (Wildman–Crippen MR) is 255 cm³/mol. The van der Waals surface area contributed by atoms with Crippen LogP contribution in [0.3, 0.4) is 0 Å². The van der Waals surface area contributed by atoms with E-state index in [0.717, 1.165) is 0 Å². The molecule has 0 aromatic heterocycles. The fraction of sp³-hybridized carbons (Fsp3) is 0.153. The zero-order valence-electron chi connectivity index (χ0n) is 34.8. The van der Waals surface area contributed by atoms with Gasteiger partial charge in [-0.05, 0) is 126 Å². The maximum absolute atomic E-state index is 2.61. The van der Waals surface area contributed by atoms with Gasteiger partial charge < -0.3 is 0 Å². The Morgan fingerprint density at radius 3 is 1.14 bits per heavy atom. The molecule has 59 heavy (non-hydrogen) atoms. The van der Waals surface area contributed by atoms with Gasteiger partial charge in [-0.25, -0.2) is 0 Å². The van der Waals surface area contributed by atoms with Crippen molar-refractivity contribution in [1.82, 2.24) is 0 Å². The Hall–Kier alpha value is -6.50. The van der Waals surface area contributed by atoms with Gasteiger partial charge in [0.1, 0.15) is 0 Å². The summed E-state index contributed by atoms with van der Waals surface area (Å²) in [5.41, 5.74) is 12.7. The molecule has 284 valence electrons. The molecule has 0 unspecified atom stereocenters. The molecule has 0 saturated heterocycles. The molecule has 11 rings (SSSR count). The van der Waals surface area contributed by atoms with Gasteiger partial charge in [0.25, 0.3) is 0 Å². The molecule has 10 aromatic carbocycles. The summed E-state index contributed by atoms with van der Waals surface area (Å²) in [7, 11) is 0. The highest BCUT2D eigenvalue weighted by atomic mass is 14.6. The summed E-state index contributed by atoms with van der Waals surface area (Å²) in [6, 6.07) is 68.4. The SMILES string of the molecule is CC(C)(C)C1(C(C)(C)C)c2c(cc(-c3c4ccccc4c(-c4ccc(-c5ccccc5)cc4)c4ccccc34)c3ccccc23)-c2c1c1ccccc1c1ccccc21. The third kappa shape index (κ3) is 4.90. The van der Waals surface area contributed by atoms with Crippen LogP contribution in [0.4, 0.5) is 0 Å². The lowest BCUT2D eigenvalue weighted by molar-refractivity contribution is 0.0977. The van der Waals surface area contributed by atoms with Crippen LogP contribution in [0.1, 0.15) is 52.7 Å². The second-order valence-electron chi connectivity index (χ2n) is 18.8. The smallest absolute Gasteiger partial charge is 0.0324 e. The molecule has 0 amide bonds. The third-order valence-corrected chi connectivity index (χ3v) is 13.7. The van der Waals surface area contributed by atoms with Crippen LogP contribution in [0.15, 0.2) is 182 Å². The van der Waals surface area contributed by atoms with Crippen molar-refractivity contribution in [2.45, 2.75) is 47.0 Å². The van der Waals surface area contributed by atoms with Crippen LogP contribution in [-0.2, 0) is 5.41 Å². The van der Waals surface area contributed by atoms with E-state index in [4.69, 9.17) is 0 Å². The summed E-state index contributed by atoms with van der Waals surface area (Å²) >= 11 is 0. The Bertz CT molecular complexity index is 3240. The van der Waals surface area contributed by atoms with Gasteiger partial charge in [0.2, 0.25) is 0 Å². The zero-order chi connectivity index (χ0) is 40.3. The van der Waals surface area contributed by atoms with Crippen molar-refractivity contribution >= 4 is 53.9 Å². The fourth-order valence-corrected chi connectivity index (χ4v) is 11.9. The number of hydrogen-bond donors (Lipinski definition) is 0. The van der Waals surface area contributed by atoms with Crippen molar-refractivity contribution in [1.29, 1.82) is 0 Å². The molecule has 0 spiro atoms. The van der Waals surface area contributed by atoms with Gasteiger partial charge in [-0.1, -0.05) is 217 Å². The summed E-state index contributed by atoms with van der Waals surface area (Å²) in [6.45, 7) is 14.9. The van der Waals surface area contributed by atoms with Crippen molar-refractivity contribution < 1.29 is 0 Å². The summed E-state index contributed by atoms with van der Waals surface area (Å²) in [6.07, 6.45) is 0. The Morgan fingerprint density at radius 1 is 0.271 bits per heavy atom. The second-order valence-corrected chi connectivity index (χ2v) is 18.8. The fourth-order valence-electron chi connectivity index (χ4n) is 11.9. The van der Waals surface area contributed by atoms with Crippen LogP contribution in [0.25, 0.3) is 98.4 Å². The lowest BCUT2D eigenvalue weighted by atomic mass is 9.49. The first kappa shape index (κ1) is 35.6. The second kappa shape index (κ2) is 12.7. The summed E-state index contributed by atoms with van der Waals surface area (Å²) in [5, 5.41) is 13.1. The number of hydrogen-bond acceptors (Lipinski definition) is 0. The van der Waals surface area contributed by atoms with E-state index in [2.05, 4.69) is 224 Å². The first-order chi connectivity index (χ1) is 28.6. The molecule has 0 radical (unpaired) electrons. The molecule has 10 aromatic rings. The quantitative estimate of drug-likeness (QED) is 0.124. The number of rotatable bonds is 3. The van der Waals surface area contributed by atoms with Crippen molar-refractivity contribution in [3.05, 3.63) is 193 Å². The maximum Gasteiger partial charge on any atom is 0.0324 e. The van der Waals surface area contributed by atoms with E-state index < -0.39 is 0 Å². The van der Waals surface area contributed by atoms with Gasteiger partial charge in [-0.15, -0.1) is 0 Å². The third-order valence-electron chi connectivity index (χ3n) is 13.7. The minimum Gasteiger partial charge on any atom is -0.0622 e. The normalized spacial score (nSPS) is 13.7. The monoisotopic (exact) mass is 756 g/mol. The van der Waals surface area contributed by atoms with Crippen molar-refractivity contribution in [2.75, 3.05) is 0 Å².